The lowest BCUT2D eigenvalue weighted by Gasteiger charge is -2.09. The third-order valence-corrected chi connectivity index (χ3v) is 4.48. The van der Waals surface area contributed by atoms with Crippen LogP contribution < -0.4 is 15.6 Å². The summed E-state index contributed by atoms with van der Waals surface area (Å²) in [5.74, 6) is 1.10. The van der Waals surface area contributed by atoms with E-state index < -0.39 is 0 Å². The average molecular weight is 380 g/mol. The molecule has 0 saturated carbocycles. The van der Waals surface area contributed by atoms with Gasteiger partial charge in [-0.2, -0.15) is 5.10 Å². The number of carbonyl (C=O) groups excluding carboxylic acids is 1. The Bertz CT molecular complexity index is 1200. The molecular formula is C20H20N4O4. The van der Waals surface area contributed by atoms with Crippen molar-refractivity contribution in [2.75, 3.05) is 6.61 Å². The first-order valence-corrected chi connectivity index (χ1v) is 9.01. The minimum Gasteiger partial charge on any atom is -0.494 e. The highest BCUT2D eigenvalue weighted by Gasteiger charge is 2.15. The zero-order valence-corrected chi connectivity index (χ0v) is 15.6. The largest absolute Gasteiger partial charge is 0.494 e. The summed E-state index contributed by atoms with van der Waals surface area (Å²) in [7, 11) is 0. The zero-order chi connectivity index (χ0) is 19.7. The van der Waals surface area contributed by atoms with Crippen LogP contribution in [0.4, 0.5) is 0 Å². The SMILES string of the molecule is CCOc1ccc(CNC(=O)Cn2nc(C)n3c(cc4occc43)c2=O)cc1. The van der Waals surface area contributed by atoms with Gasteiger partial charge in [0.1, 0.15) is 23.6 Å². The van der Waals surface area contributed by atoms with Gasteiger partial charge in [0, 0.05) is 18.7 Å². The third-order valence-electron chi connectivity index (χ3n) is 4.48. The Hall–Kier alpha value is -3.55. The van der Waals surface area contributed by atoms with Crippen LogP contribution in [0, 0.1) is 6.92 Å². The van der Waals surface area contributed by atoms with E-state index in [2.05, 4.69) is 10.4 Å². The summed E-state index contributed by atoms with van der Waals surface area (Å²) in [6.45, 7) is 4.52. The summed E-state index contributed by atoms with van der Waals surface area (Å²) >= 11 is 0. The van der Waals surface area contributed by atoms with Crippen molar-refractivity contribution in [3.8, 4) is 5.75 Å². The molecular weight excluding hydrogens is 360 g/mol. The van der Waals surface area contributed by atoms with Gasteiger partial charge in [-0.1, -0.05) is 12.1 Å². The van der Waals surface area contributed by atoms with Crippen molar-refractivity contribution in [2.24, 2.45) is 0 Å². The number of hydrogen-bond donors (Lipinski definition) is 1. The van der Waals surface area contributed by atoms with E-state index in [0.717, 1.165) is 16.8 Å². The summed E-state index contributed by atoms with van der Waals surface area (Å²) < 4.78 is 13.7. The molecule has 0 aliphatic rings. The van der Waals surface area contributed by atoms with E-state index in [1.807, 2.05) is 31.2 Å². The molecule has 0 unspecified atom stereocenters. The van der Waals surface area contributed by atoms with E-state index in [-0.39, 0.29) is 18.0 Å². The number of ether oxygens (including phenoxy) is 1. The van der Waals surface area contributed by atoms with Gasteiger partial charge in [-0.05, 0) is 31.5 Å². The van der Waals surface area contributed by atoms with Crippen LogP contribution >= 0.6 is 0 Å². The predicted octanol–water partition coefficient (Wildman–Crippen LogP) is 2.27. The van der Waals surface area contributed by atoms with Gasteiger partial charge in [0.15, 0.2) is 5.58 Å². The Labute approximate surface area is 160 Å². The second-order valence-electron chi connectivity index (χ2n) is 6.40. The van der Waals surface area contributed by atoms with Crippen molar-refractivity contribution in [3.63, 3.8) is 0 Å². The Balaban J connectivity index is 1.49. The molecule has 0 saturated heterocycles. The standard InChI is InChI=1S/C20H20N4O4/c1-3-27-15-6-4-14(5-7-15)11-21-19(25)12-23-20(26)17-10-18-16(8-9-28-18)24(17)13(2)22-23/h4-10H,3,11-12H2,1-2H3,(H,21,25). The van der Waals surface area contributed by atoms with Crippen molar-refractivity contribution in [2.45, 2.75) is 26.9 Å². The molecule has 0 aliphatic heterocycles. The summed E-state index contributed by atoms with van der Waals surface area (Å²) in [5.41, 5.74) is 2.42. The van der Waals surface area contributed by atoms with Gasteiger partial charge >= 0.3 is 0 Å². The zero-order valence-electron chi connectivity index (χ0n) is 15.6. The van der Waals surface area contributed by atoms with Gasteiger partial charge < -0.3 is 14.5 Å². The normalized spacial score (nSPS) is 11.2. The van der Waals surface area contributed by atoms with Crippen molar-refractivity contribution in [3.05, 3.63) is 64.4 Å². The molecule has 0 aliphatic carbocycles. The second-order valence-corrected chi connectivity index (χ2v) is 6.40. The summed E-state index contributed by atoms with van der Waals surface area (Å²) in [6, 6.07) is 10.9. The fourth-order valence-corrected chi connectivity index (χ4v) is 3.20. The topological polar surface area (TPSA) is 90.8 Å². The summed E-state index contributed by atoms with van der Waals surface area (Å²) in [6.07, 6.45) is 1.57. The molecule has 8 heteroatoms. The number of amides is 1. The summed E-state index contributed by atoms with van der Waals surface area (Å²) in [5, 5.41) is 7.09. The van der Waals surface area contributed by atoms with Crippen LogP contribution in [0.5, 0.6) is 5.75 Å². The van der Waals surface area contributed by atoms with Crippen LogP contribution in [0.3, 0.4) is 0 Å². The molecule has 1 amide bonds. The molecule has 3 aromatic heterocycles. The summed E-state index contributed by atoms with van der Waals surface area (Å²) in [4.78, 5) is 25.0. The third kappa shape index (κ3) is 3.24. The van der Waals surface area contributed by atoms with Crippen molar-refractivity contribution >= 4 is 22.5 Å². The molecule has 4 aromatic rings. The van der Waals surface area contributed by atoms with E-state index in [4.69, 9.17) is 9.15 Å². The Kier molecular flexibility index (Phi) is 4.60. The minimum atomic E-state index is -0.340. The van der Waals surface area contributed by atoms with E-state index in [9.17, 15) is 9.59 Å². The number of carbonyl (C=O) groups is 1. The van der Waals surface area contributed by atoms with Crippen LogP contribution in [-0.4, -0.2) is 26.7 Å². The molecule has 0 fully saturated rings. The van der Waals surface area contributed by atoms with Gasteiger partial charge in [-0.15, -0.1) is 0 Å². The molecule has 0 spiro atoms. The van der Waals surface area contributed by atoms with Gasteiger partial charge in [-0.25, -0.2) is 4.68 Å². The number of aromatic nitrogens is 3. The highest BCUT2D eigenvalue weighted by Crippen LogP contribution is 2.19. The number of rotatable bonds is 6. The van der Waals surface area contributed by atoms with Gasteiger partial charge in [0.2, 0.25) is 5.91 Å². The highest BCUT2D eigenvalue weighted by atomic mass is 16.5. The molecule has 3 heterocycles. The lowest BCUT2D eigenvalue weighted by Crippen LogP contribution is -2.34. The van der Waals surface area contributed by atoms with Crippen molar-refractivity contribution in [1.29, 1.82) is 0 Å². The van der Waals surface area contributed by atoms with Crippen molar-refractivity contribution in [1.82, 2.24) is 19.5 Å². The number of hydrogen-bond acceptors (Lipinski definition) is 5. The van der Waals surface area contributed by atoms with Crippen molar-refractivity contribution < 1.29 is 13.9 Å². The number of aryl methyl sites for hydroxylation is 1. The highest BCUT2D eigenvalue weighted by molar-refractivity contribution is 5.82. The smallest absolute Gasteiger partial charge is 0.291 e. The number of nitrogens with zero attached hydrogens (tertiary/aromatic N) is 3. The first kappa shape index (κ1) is 17.8. The van der Waals surface area contributed by atoms with Gasteiger partial charge in [-0.3, -0.25) is 14.0 Å². The minimum absolute atomic E-state index is 0.153. The first-order chi connectivity index (χ1) is 13.6. The maximum absolute atomic E-state index is 12.7. The fourth-order valence-electron chi connectivity index (χ4n) is 3.20. The van der Waals surface area contributed by atoms with Crippen LogP contribution in [0.1, 0.15) is 18.3 Å². The van der Waals surface area contributed by atoms with Crippen LogP contribution in [-0.2, 0) is 17.9 Å². The predicted molar refractivity (Wildman–Crippen MR) is 103 cm³/mol. The second kappa shape index (κ2) is 7.22. The van der Waals surface area contributed by atoms with Crippen LogP contribution in [0.2, 0.25) is 0 Å². The molecule has 1 aromatic carbocycles. The fraction of sp³-hybridized carbons (Fsp3) is 0.250. The quantitative estimate of drug-likeness (QED) is 0.554. The lowest BCUT2D eigenvalue weighted by atomic mass is 10.2. The van der Waals surface area contributed by atoms with E-state index in [1.54, 1.807) is 29.7 Å². The molecule has 0 bridgehead atoms. The molecule has 144 valence electrons. The number of fused-ring (bicyclic) bond motifs is 3. The molecule has 0 radical (unpaired) electrons. The van der Waals surface area contributed by atoms with Crippen LogP contribution in [0.15, 0.2) is 51.9 Å². The Morgan fingerprint density at radius 1 is 1.21 bits per heavy atom. The Morgan fingerprint density at radius 3 is 2.75 bits per heavy atom. The number of nitrogens with one attached hydrogen (secondary N) is 1. The van der Waals surface area contributed by atoms with Gasteiger partial charge in [0.05, 0.1) is 18.4 Å². The molecule has 4 rings (SSSR count). The Morgan fingerprint density at radius 2 is 2.00 bits per heavy atom. The van der Waals surface area contributed by atoms with Crippen LogP contribution in [0.25, 0.3) is 16.6 Å². The average Bonchev–Trinajstić information content (AvgIpc) is 3.27. The van der Waals surface area contributed by atoms with E-state index in [0.29, 0.717) is 30.1 Å². The first-order valence-electron chi connectivity index (χ1n) is 9.01. The number of benzene rings is 1. The maximum Gasteiger partial charge on any atom is 0.291 e. The molecule has 28 heavy (non-hydrogen) atoms. The molecule has 8 nitrogen and oxygen atoms in total. The molecule has 1 N–H and O–H groups in total. The maximum atomic E-state index is 12.7. The monoisotopic (exact) mass is 380 g/mol. The number of furan rings is 1. The molecule has 0 atom stereocenters. The van der Waals surface area contributed by atoms with E-state index in [1.165, 1.54) is 4.68 Å². The lowest BCUT2D eigenvalue weighted by molar-refractivity contribution is -0.122. The van der Waals surface area contributed by atoms with E-state index >= 15 is 0 Å². The van der Waals surface area contributed by atoms with Gasteiger partial charge in [0.25, 0.3) is 5.56 Å².